The maximum absolute atomic E-state index is 9.79. The minimum Gasteiger partial charge on any atom is -0.455 e. The molecule has 10 rings (SSSR count). The molecule has 0 N–H and O–H groups in total. The molecule has 0 saturated heterocycles. The third-order valence-electron chi connectivity index (χ3n) is 8.47. The molecular weight excluding hydrogens is 607 g/mol. The Morgan fingerprint density at radius 1 is 0.500 bits per heavy atom. The summed E-state index contributed by atoms with van der Waals surface area (Å²) in [6, 6.07) is 27.1. The first-order valence-electron chi connectivity index (χ1n) is 19.7. The summed E-state index contributed by atoms with van der Waals surface area (Å²) in [5.41, 5.74) is 2.77. The van der Waals surface area contributed by atoms with Gasteiger partial charge in [0.2, 0.25) is 0 Å². The molecule has 0 amide bonds. The third kappa shape index (κ3) is 4.25. The predicted molar refractivity (Wildman–Crippen MR) is 199 cm³/mol. The first kappa shape index (κ1) is 19.5. The van der Waals surface area contributed by atoms with Crippen LogP contribution in [0.4, 0.5) is 0 Å². The first-order valence-corrected chi connectivity index (χ1v) is 16.0. The summed E-state index contributed by atoms with van der Waals surface area (Å²) < 4.78 is 87.8. The van der Waals surface area contributed by atoms with Crippen LogP contribution in [-0.4, -0.2) is 15.0 Å². The number of hydrogen-bond acceptors (Lipinski definition) is 5. The highest BCUT2D eigenvalue weighted by Crippen LogP contribution is 2.44. The van der Waals surface area contributed by atoms with Crippen LogP contribution in [0.2, 0.25) is 0 Å². The summed E-state index contributed by atoms with van der Waals surface area (Å²) in [6.45, 7) is 0. The van der Waals surface area contributed by atoms with Crippen molar-refractivity contribution in [2.45, 2.75) is 0 Å². The molecule has 10 aromatic rings. The fourth-order valence-corrected chi connectivity index (χ4v) is 7.47. The number of nitrogens with zero attached hydrogens (tertiary/aromatic N) is 3. The summed E-state index contributed by atoms with van der Waals surface area (Å²) in [5, 5.41) is 1.58. The molecule has 48 heavy (non-hydrogen) atoms. The molecule has 3 heterocycles. The molecule has 0 bridgehead atoms. The average molecular weight is 641 g/mol. The Balaban J connectivity index is 1.40. The van der Waals surface area contributed by atoms with Crippen molar-refractivity contribution in [1.82, 2.24) is 15.0 Å². The Morgan fingerprint density at radius 3 is 1.96 bits per heavy atom. The third-order valence-corrected chi connectivity index (χ3v) is 9.58. The molecule has 0 radical (unpaired) electrons. The lowest BCUT2D eigenvalue weighted by Crippen LogP contribution is -2.01. The predicted octanol–water partition coefficient (Wildman–Crippen LogP) is 12.0. The van der Waals surface area contributed by atoms with Crippen molar-refractivity contribution in [1.29, 1.82) is 0 Å². The normalized spacial score (nSPS) is 14.4. The highest BCUT2D eigenvalue weighted by molar-refractivity contribution is 7.26. The van der Waals surface area contributed by atoms with Crippen LogP contribution in [0.3, 0.4) is 0 Å². The second-order valence-corrected chi connectivity index (χ2v) is 12.4. The van der Waals surface area contributed by atoms with E-state index in [1.165, 1.54) is 0 Å². The molecule has 0 unspecified atom stereocenters. The number of furan rings is 1. The average Bonchev–Trinajstić information content (AvgIpc) is 3.83. The summed E-state index contributed by atoms with van der Waals surface area (Å²) in [7, 11) is 0. The molecule has 0 saturated carbocycles. The Kier molecular flexibility index (Phi) is 4.34. The summed E-state index contributed by atoms with van der Waals surface area (Å²) in [6.07, 6.45) is 0. The van der Waals surface area contributed by atoms with Crippen LogP contribution in [0.15, 0.2) is 156 Å². The van der Waals surface area contributed by atoms with Crippen molar-refractivity contribution in [2.24, 2.45) is 0 Å². The molecule has 0 spiro atoms. The minimum absolute atomic E-state index is 0.0509. The van der Waals surface area contributed by atoms with E-state index in [0.717, 1.165) is 31.3 Å². The van der Waals surface area contributed by atoms with Gasteiger partial charge in [-0.3, -0.25) is 0 Å². The molecule has 0 atom stereocenters. The van der Waals surface area contributed by atoms with Gasteiger partial charge in [0.1, 0.15) is 11.2 Å². The van der Waals surface area contributed by atoms with Crippen molar-refractivity contribution in [3.63, 3.8) is 0 Å². The number of para-hydroxylation sites is 1. The van der Waals surface area contributed by atoms with Gasteiger partial charge < -0.3 is 4.42 Å². The van der Waals surface area contributed by atoms with Crippen LogP contribution in [0.25, 0.3) is 98.2 Å². The quantitative estimate of drug-likeness (QED) is 0.192. The Labute approximate surface area is 292 Å². The zero-order valence-electron chi connectivity index (χ0n) is 33.9. The maximum Gasteiger partial charge on any atom is 0.164 e. The minimum atomic E-state index is -0.553. The van der Waals surface area contributed by atoms with Gasteiger partial charge in [-0.25, -0.2) is 15.0 Å². The lowest BCUT2D eigenvalue weighted by atomic mass is 9.98. The van der Waals surface area contributed by atoms with E-state index in [1.807, 2.05) is 84.9 Å². The van der Waals surface area contributed by atoms with E-state index >= 15 is 0 Å². The van der Waals surface area contributed by atoms with Crippen LogP contribution >= 0.6 is 11.3 Å². The van der Waals surface area contributed by atoms with Gasteiger partial charge in [-0.15, -0.1) is 11.3 Å². The van der Waals surface area contributed by atoms with E-state index in [1.54, 1.807) is 11.3 Å². The Morgan fingerprint density at radius 2 is 1.15 bits per heavy atom. The van der Waals surface area contributed by atoms with Crippen LogP contribution < -0.4 is 0 Å². The van der Waals surface area contributed by atoms with E-state index < -0.39 is 48.3 Å². The van der Waals surface area contributed by atoms with E-state index in [-0.39, 0.29) is 61.8 Å². The number of rotatable bonds is 4. The van der Waals surface area contributed by atoms with Crippen LogP contribution in [-0.2, 0) is 0 Å². The number of aromatic nitrogens is 3. The molecule has 0 fully saturated rings. The standard InChI is InChI=1S/C43H25N3OS/c1-3-13-26(14-4-1)28-23-35(39-32-20-10-12-22-37(32)48-38(39)24-28)43-45-41(27-15-5-2-6-16-27)44-42(46-43)34-25-33-30-18-9-11-21-36(30)47-40(33)31-19-8-7-17-29(31)34/h1-25H/i7D,8D,9D,11D,17D,18D,19D,21D,25D. The van der Waals surface area contributed by atoms with E-state index in [0.29, 0.717) is 11.1 Å². The topological polar surface area (TPSA) is 51.8 Å². The number of fused-ring (bicyclic) bond motifs is 8. The summed E-state index contributed by atoms with van der Waals surface area (Å²) >= 11 is 1.64. The van der Waals surface area contributed by atoms with Gasteiger partial charge in [-0.05, 0) is 46.8 Å². The second-order valence-electron chi connectivity index (χ2n) is 11.3. The van der Waals surface area contributed by atoms with Gasteiger partial charge >= 0.3 is 0 Å². The molecule has 224 valence electrons. The van der Waals surface area contributed by atoms with Gasteiger partial charge in [-0.1, -0.05) is 121 Å². The molecule has 7 aromatic carbocycles. The fraction of sp³-hybridized carbons (Fsp3) is 0. The van der Waals surface area contributed by atoms with Crippen LogP contribution in [0.5, 0.6) is 0 Å². The highest BCUT2D eigenvalue weighted by atomic mass is 32.1. The molecule has 4 nitrogen and oxygen atoms in total. The van der Waals surface area contributed by atoms with Crippen LogP contribution in [0, 0.1) is 0 Å². The van der Waals surface area contributed by atoms with Crippen LogP contribution in [0.1, 0.15) is 12.3 Å². The number of thiophene rings is 1. The smallest absolute Gasteiger partial charge is 0.164 e. The zero-order chi connectivity index (χ0) is 39.4. The maximum atomic E-state index is 9.79. The molecule has 0 aliphatic heterocycles. The van der Waals surface area contributed by atoms with Crippen molar-refractivity contribution in [2.75, 3.05) is 0 Å². The van der Waals surface area contributed by atoms with Crippen molar-refractivity contribution in [3.8, 4) is 45.3 Å². The molecule has 0 aliphatic rings. The number of hydrogen-bond donors (Lipinski definition) is 0. The van der Waals surface area contributed by atoms with E-state index in [9.17, 15) is 2.74 Å². The molecular formula is C43H25N3OS. The van der Waals surface area contributed by atoms with Crippen molar-refractivity contribution in [3.05, 3.63) is 151 Å². The molecule has 5 heteroatoms. The lowest BCUT2D eigenvalue weighted by molar-refractivity contribution is 0.672. The van der Waals surface area contributed by atoms with Crippen molar-refractivity contribution >= 4 is 64.2 Å². The van der Waals surface area contributed by atoms with Gasteiger partial charge in [-0.2, -0.15) is 0 Å². The van der Waals surface area contributed by atoms with Gasteiger partial charge in [0.15, 0.2) is 17.5 Å². The largest absolute Gasteiger partial charge is 0.455 e. The van der Waals surface area contributed by atoms with Gasteiger partial charge in [0.05, 0.1) is 12.3 Å². The Bertz CT molecular complexity index is 3350. The Hall–Kier alpha value is -6.17. The summed E-state index contributed by atoms with van der Waals surface area (Å²) in [5.74, 6) is 0.451. The van der Waals surface area contributed by atoms with E-state index in [2.05, 4.69) is 12.1 Å². The van der Waals surface area contributed by atoms with E-state index in [4.69, 9.17) is 29.0 Å². The van der Waals surface area contributed by atoms with Gasteiger partial charge in [0.25, 0.3) is 0 Å². The SMILES string of the molecule is [2H]c1c([2H])c([2H])c2c(oc3c4c([2H])c([2H])c([2H])c([2H])c4c(-c4nc(-c5ccccc5)nc(-c5cc(-c6ccccc6)cc6sc7ccccc7c56)n4)c([2H])c32)c1[2H]. The summed E-state index contributed by atoms with van der Waals surface area (Å²) in [4.78, 5) is 15.0. The van der Waals surface area contributed by atoms with Crippen molar-refractivity contribution < 1.29 is 16.8 Å². The molecule has 0 aliphatic carbocycles. The number of benzene rings is 7. The zero-order valence-corrected chi connectivity index (χ0v) is 25.7. The first-order chi connectivity index (χ1) is 27.5. The lowest BCUT2D eigenvalue weighted by Gasteiger charge is -2.13. The highest BCUT2D eigenvalue weighted by Gasteiger charge is 2.21. The fourth-order valence-electron chi connectivity index (χ4n) is 6.29. The molecule has 3 aromatic heterocycles. The second kappa shape index (κ2) is 10.7. The van der Waals surface area contributed by atoms with Gasteiger partial charge in [0, 0.05) is 53.0 Å². The monoisotopic (exact) mass is 640 g/mol.